The fraction of sp³-hybridized carbons (Fsp3) is 0.111. The number of carboxylic acids is 1. The first-order chi connectivity index (χ1) is 6.58. The number of aromatic nitrogens is 2. The van der Waals surface area contributed by atoms with Crippen LogP contribution in [-0.4, -0.2) is 20.5 Å². The number of hydrogen-bond donors (Lipinski definition) is 2. The molecule has 6 heteroatoms. The standard InChI is InChI=1S/C9H9N3O2.BrH/c1-5-3-12-4-6(9(13)14)2-7(10)8(12)11-5;/h2-4H,10H2,1H3,(H,13,14);1H. The van der Waals surface area contributed by atoms with E-state index in [-0.39, 0.29) is 22.5 Å². The van der Waals surface area contributed by atoms with Crippen molar-refractivity contribution in [2.24, 2.45) is 0 Å². The molecule has 80 valence electrons. The summed E-state index contributed by atoms with van der Waals surface area (Å²) in [5.74, 6) is -0.995. The first kappa shape index (κ1) is 11.5. The van der Waals surface area contributed by atoms with Crippen LogP contribution in [0, 0.1) is 6.92 Å². The quantitative estimate of drug-likeness (QED) is 0.824. The van der Waals surface area contributed by atoms with Crippen molar-refractivity contribution in [3.8, 4) is 0 Å². The van der Waals surface area contributed by atoms with Gasteiger partial charge in [-0.25, -0.2) is 9.78 Å². The smallest absolute Gasteiger partial charge is 0.337 e. The second-order valence-corrected chi connectivity index (χ2v) is 3.10. The summed E-state index contributed by atoms with van der Waals surface area (Å²) in [5, 5.41) is 8.79. The molecule has 0 saturated heterocycles. The predicted octanol–water partition coefficient (Wildman–Crippen LogP) is 1.50. The number of carboxylic acid groups (broad SMARTS) is 1. The van der Waals surface area contributed by atoms with Crippen molar-refractivity contribution in [3.05, 3.63) is 29.7 Å². The van der Waals surface area contributed by atoms with Gasteiger partial charge in [-0.05, 0) is 13.0 Å². The molecule has 2 heterocycles. The highest BCUT2D eigenvalue weighted by atomic mass is 79.9. The average Bonchev–Trinajstić information content (AvgIpc) is 2.45. The fourth-order valence-corrected chi connectivity index (χ4v) is 1.36. The number of carbonyl (C=O) groups is 1. The Morgan fingerprint density at radius 1 is 1.53 bits per heavy atom. The fourth-order valence-electron chi connectivity index (χ4n) is 1.36. The van der Waals surface area contributed by atoms with Crippen LogP contribution >= 0.6 is 17.0 Å². The number of hydrogen-bond acceptors (Lipinski definition) is 3. The third-order valence-corrected chi connectivity index (χ3v) is 1.95. The van der Waals surface area contributed by atoms with E-state index in [1.165, 1.54) is 12.3 Å². The van der Waals surface area contributed by atoms with Gasteiger partial charge in [0.15, 0.2) is 5.65 Å². The molecule has 3 N–H and O–H groups in total. The number of pyridine rings is 1. The monoisotopic (exact) mass is 271 g/mol. The van der Waals surface area contributed by atoms with Crippen LogP contribution in [-0.2, 0) is 0 Å². The van der Waals surface area contributed by atoms with E-state index in [0.717, 1.165) is 5.69 Å². The summed E-state index contributed by atoms with van der Waals surface area (Å²) in [4.78, 5) is 14.9. The van der Waals surface area contributed by atoms with Crippen molar-refractivity contribution in [3.63, 3.8) is 0 Å². The van der Waals surface area contributed by atoms with Crippen LogP contribution in [0.2, 0.25) is 0 Å². The van der Waals surface area contributed by atoms with E-state index >= 15 is 0 Å². The zero-order chi connectivity index (χ0) is 10.3. The lowest BCUT2D eigenvalue weighted by atomic mass is 10.2. The van der Waals surface area contributed by atoms with Gasteiger partial charge in [0.2, 0.25) is 0 Å². The number of imidazole rings is 1. The van der Waals surface area contributed by atoms with Crippen molar-refractivity contribution in [2.75, 3.05) is 5.73 Å². The van der Waals surface area contributed by atoms with E-state index < -0.39 is 5.97 Å². The molecule has 0 atom stereocenters. The van der Waals surface area contributed by atoms with Gasteiger partial charge in [0.05, 0.1) is 16.9 Å². The van der Waals surface area contributed by atoms with Crippen molar-refractivity contribution >= 4 is 34.3 Å². The molecule has 0 aromatic carbocycles. The number of nitrogen functional groups attached to an aromatic ring is 1. The van der Waals surface area contributed by atoms with E-state index in [2.05, 4.69) is 4.98 Å². The second kappa shape index (κ2) is 3.90. The van der Waals surface area contributed by atoms with Crippen molar-refractivity contribution < 1.29 is 9.90 Å². The van der Waals surface area contributed by atoms with Gasteiger partial charge >= 0.3 is 5.97 Å². The summed E-state index contributed by atoms with van der Waals surface area (Å²) in [5.41, 5.74) is 7.59. The topological polar surface area (TPSA) is 80.6 Å². The molecule has 0 unspecified atom stereocenters. The van der Waals surface area contributed by atoms with Crippen LogP contribution in [0.1, 0.15) is 16.1 Å². The van der Waals surface area contributed by atoms with Crippen LogP contribution in [0.3, 0.4) is 0 Å². The molecule has 0 saturated carbocycles. The van der Waals surface area contributed by atoms with Crippen molar-refractivity contribution in [1.29, 1.82) is 0 Å². The Kier molecular flexibility index (Phi) is 2.99. The minimum atomic E-state index is -0.995. The molecule has 0 radical (unpaired) electrons. The van der Waals surface area contributed by atoms with Crippen LogP contribution in [0.15, 0.2) is 18.5 Å². The first-order valence-electron chi connectivity index (χ1n) is 4.06. The summed E-state index contributed by atoms with van der Waals surface area (Å²) in [6.07, 6.45) is 3.23. The maximum absolute atomic E-state index is 10.7. The zero-order valence-electron chi connectivity index (χ0n) is 7.97. The Bertz CT molecular complexity index is 521. The van der Waals surface area contributed by atoms with E-state index in [0.29, 0.717) is 11.3 Å². The van der Waals surface area contributed by atoms with E-state index in [1.807, 2.05) is 6.92 Å². The van der Waals surface area contributed by atoms with Crippen molar-refractivity contribution in [1.82, 2.24) is 9.38 Å². The molecular formula is C9H10BrN3O2. The predicted molar refractivity (Wildman–Crippen MR) is 61.6 cm³/mol. The summed E-state index contributed by atoms with van der Waals surface area (Å²) in [6.45, 7) is 1.83. The third kappa shape index (κ3) is 1.94. The summed E-state index contributed by atoms with van der Waals surface area (Å²) < 4.78 is 1.62. The van der Waals surface area contributed by atoms with Gasteiger partial charge in [-0.15, -0.1) is 17.0 Å². The third-order valence-electron chi connectivity index (χ3n) is 1.95. The van der Waals surface area contributed by atoms with Gasteiger partial charge in [-0.3, -0.25) is 0 Å². The number of rotatable bonds is 1. The zero-order valence-corrected chi connectivity index (χ0v) is 9.68. The van der Waals surface area contributed by atoms with Gasteiger partial charge in [-0.2, -0.15) is 0 Å². The number of aryl methyl sites for hydroxylation is 1. The lowest BCUT2D eigenvalue weighted by molar-refractivity contribution is 0.0696. The molecule has 0 aliphatic carbocycles. The maximum atomic E-state index is 10.7. The molecule has 0 spiro atoms. The molecule has 15 heavy (non-hydrogen) atoms. The average molecular weight is 272 g/mol. The molecule has 2 rings (SSSR count). The van der Waals surface area contributed by atoms with Gasteiger partial charge < -0.3 is 15.2 Å². The lowest BCUT2D eigenvalue weighted by Crippen LogP contribution is -2.01. The normalized spacial score (nSPS) is 9.93. The number of fused-ring (bicyclic) bond motifs is 1. The summed E-state index contributed by atoms with van der Waals surface area (Å²) in [6, 6.07) is 1.41. The first-order valence-corrected chi connectivity index (χ1v) is 4.06. The molecular weight excluding hydrogens is 262 g/mol. The highest BCUT2D eigenvalue weighted by Crippen LogP contribution is 2.15. The lowest BCUT2D eigenvalue weighted by Gasteiger charge is -2.00. The van der Waals surface area contributed by atoms with Gasteiger partial charge in [-0.1, -0.05) is 0 Å². The van der Waals surface area contributed by atoms with Crippen LogP contribution in [0.25, 0.3) is 5.65 Å². The van der Waals surface area contributed by atoms with Crippen molar-refractivity contribution in [2.45, 2.75) is 6.92 Å². The van der Waals surface area contributed by atoms with Crippen LogP contribution in [0.4, 0.5) is 5.69 Å². The minimum absolute atomic E-state index is 0. The van der Waals surface area contributed by atoms with Gasteiger partial charge in [0, 0.05) is 12.4 Å². The maximum Gasteiger partial charge on any atom is 0.337 e. The van der Waals surface area contributed by atoms with Crippen LogP contribution < -0.4 is 5.73 Å². The highest BCUT2D eigenvalue weighted by Gasteiger charge is 2.08. The van der Waals surface area contributed by atoms with Gasteiger partial charge in [0.25, 0.3) is 0 Å². The van der Waals surface area contributed by atoms with Crippen LogP contribution in [0.5, 0.6) is 0 Å². The highest BCUT2D eigenvalue weighted by molar-refractivity contribution is 8.93. The number of nitrogens with zero attached hydrogens (tertiary/aromatic N) is 2. The SMILES string of the molecule is Br.Cc1cn2cc(C(=O)O)cc(N)c2n1. The Balaban J connectivity index is 0.00000112. The van der Waals surface area contributed by atoms with E-state index in [1.54, 1.807) is 10.6 Å². The molecule has 0 fully saturated rings. The number of halogens is 1. The second-order valence-electron chi connectivity index (χ2n) is 3.10. The number of aromatic carboxylic acids is 1. The molecule has 2 aromatic heterocycles. The van der Waals surface area contributed by atoms with E-state index in [9.17, 15) is 4.79 Å². The largest absolute Gasteiger partial charge is 0.478 e. The number of anilines is 1. The Hall–Kier alpha value is -1.56. The molecule has 5 nitrogen and oxygen atoms in total. The molecule has 2 aromatic rings. The minimum Gasteiger partial charge on any atom is -0.478 e. The Morgan fingerprint density at radius 3 is 2.80 bits per heavy atom. The molecule has 0 aliphatic heterocycles. The molecule has 0 bridgehead atoms. The summed E-state index contributed by atoms with van der Waals surface area (Å²) in [7, 11) is 0. The Morgan fingerprint density at radius 2 is 2.20 bits per heavy atom. The number of nitrogens with two attached hydrogens (primary N) is 1. The molecule has 0 amide bonds. The summed E-state index contributed by atoms with van der Waals surface area (Å²) >= 11 is 0. The molecule has 0 aliphatic rings. The Labute approximate surface area is 96.3 Å². The van der Waals surface area contributed by atoms with E-state index in [4.69, 9.17) is 10.8 Å². The van der Waals surface area contributed by atoms with Gasteiger partial charge in [0.1, 0.15) is 0 Å².